The number of carboxylic acids is 1. The molecule has 2 aliphatic rings. The van der Waals surface area contributed by atoms with Crippen LogP contribution in [0, 0.1) is 11.6 Å². The van der Waals surface area contributed by atoms with Crippen LogP contribution in [0.2, 0.25) is 10.0 Å². The zero-order valence-electron chi connectivity index (χ0n) is 32.5. The molecule has 2 fully saturated rings. The molecule has 61 heavy (non-hydrogen) atoms. The summed E-state index contributed by atoms with van der Waals surface area (Å²) in [7, 11) is 0. The monoisotopic (exact) mass is 879 g/mol. The Hall–Kier alpha value is -6.38. The normalized spacial score (nSPS) is 13.2. The maximum Gasteiger partial charge on any atom is 0.325 e. The number of carboxylic acid groups (broad SMARTS) is 1. The molecule has 2 aliphatic carbocycles. The third kappa shape index (κ3) is 12.1. The Morgan fingerprint density at radius 1 is 0.803 bits per heavy atom. The van der Waals surface area contributed by atoms with Crippen LogP contribution in [0.4, 0.5) is 20.4 Å². The summed E-state index contributed by atoms with van der Waals surface area (Å²) < 4.78 is 30.2. The first-order chi connectivity index (χ1) is 29.3. The van der Waals surface area contributed by atoms with E-state index in [2.05, 4.69) is 40.8 Å². The lowest BCUT2D eigenvalue weighted by Gasteiger charge is -2.22. The van der Waals surface area contributed by atoms with Crippen LogP contribution < -0.4 is 22.1 Å². The van der Waals surface area contributed by atoms with Gasteiger partial charge >= 0.3 is 5.97 Å². The van der Waals surface area contributed by atoms with E-state index < -0.39 is 17.6 Å². The minimum atomic E-state index is -0.979. The van der Waals surface area contributed by atoms with Gasteiger partial charge in [-0.05, 0) is 49.8 Å². The molecule has 0 bridgehead atoms. The van der Waals surface area contributed by atoms with E-state index in [0.29, 0.717) is 58.9 Å². The van der Waals surface area contributed by atoms with Gasteiger partial charge in [-0.2, -0.15) is 10.2 Å². The second-order valence-corrected chi connectivity index (χ2v) is 15.0. The predicted molar refractivity (Wildman–Crippen MR) is 221 cm³/mol. The first-order valence-corrected chi connectivity index (χ1v) is 19.8. The third-order valence-corrected chi connectivity index (χ3v) is 10.1. The highest BCUT2D eigenvalue weighted by molar-refractivity contribution is 6.31. The lowest BCUT2D eigenvalue weighted by molar-refractivity contribution is -0.138. The van der Waals surface area contributed by atoms with E-state index in [1.807, 2.05) is 0 Å². The van der Waals surface area contributed by atoms with Gasteiger partial charge in [-0.25, -0.2) is 38.1 Å². The molecule has 320 valence electrons. The van der Waals surface area contributed by atoms with Gasteiger partial charge in [0.15, 0.2) is 11.3 Å². The SMILES string of the molecule is Nc1ncnc2c1cnn2CC(=O)N(CC(=O)NCc1cccc(Cl)c1F)C1CC1.Nc1ncnc2c1cnn2CC(=O)O.O=C(CCc1cccc(Cl)c1F)CNC1CC1. The molecular weight excluding hydrogens is 839 g/mol. The van der Waals surface area contributed by atoms with E-state index >= 15 is 0 Å². The number of anilines is 2. The van der Waals surface area contributed by atoms with Crippen LogP contribution in [0.5, 0.6) is 0 Å². The fourth-order valence-electron chi connectivity index (χ4n) is 5.95. The number of halogens is 4. The first-order valence-electron chi connectivity index (χ1n) is 19.0. The van der Waals surface area contributed by atoms with Crippen LogP contribution in [0.3, 0.4) is 0 Å². The Morgan fingerprint density at radius 3 is 1.92 bits per heavy atom. The van der Waals surface area contributed by atoms with Gasteiger partial charge in [0.2, 0.25) is 11.8 Å². The molecule has 2 saturated carbocycles. The topological polar surface area (TPSA) is 255 Å². The lowest BCUT2D eigenvalue weighted by atomic mass is 10.1. The minimum absolute atomic E-state index is 0.00701. The molecule has 7 N–H and O–H groups in total. The van der Waals surface area contributed by atoms with Crippen molar-refractivity contribution in [1.82, 2.24) is 55.0 Å². The van der Waals surface area contributed by atoms with Gasteiger partial charge < -0.3 is 32.1 Å². The molecule has 4 aromatic heterocycles. The van der Waals surface area contributed by atoms with Gasteiger partial charge in [0.05, 0.1) is 46.3 Å². The van der Waals surface area contributed by atoms with Crippen LogP contribution in [0.25, 0.3) is 22.1 Å². The summed E-state index contributed by atoms with van der Waals surface area (Å²) in [5.74, 6) is -1.89. The van der Waals surface area contributed by atoms with Crippen LogP contribution in [0.15, 0.2) is 61.4 Å². The number of hydrogen-bond donors (Lipinski definition) is 5. The summed E-state index contributed by atoms with van der Waals surface area (Å²) >= 11 is 11.4. The Kier molecular flexibility index (Phi) is 14.7. The van der Waals surface area contributed by atoms with E-state index in [1.54, 1.807) is 24.3 Å². The number of ketones is 1. The number of amides is 2. The molecule has 0 aliphatic heterocycles. The predicted octanol–water partition coefficient (Wildman–Crippen LogP) is 3.73. The van der Waals surface area contributed by atoms with Gasteiger partial charge in [-0.3, -0.25) is 19.2 Å². The third-order valence-electron chi connectivity index (χ3n) is 9.50. The van der Waals surface area contributed by atoms with Crippen molar-refractivity contribution in [3.63, 3.8) is 0 Å². The zero-order chi connectivity index (χ0) is 43.6. The largest absolute Gasteiger partial charge is 0.480 e. The van der Waals surface area contributed by atoms with Gasteiger partial charge in [-0.1, -0.05) is 47.5 Å². The highest BCUT2D eigenvalue weighted by Crippen LogP contribution is 2.27. The number of nitrogens with one attached hydrogen (secondary N) is 2. The van der Waals surface area contributed by atoms with Crippen LogP contribution >= 0.6 is 23.2 Å². The number of carbonyl (C=O) groups excluding carboxylic acids is 3. The number of rotatable bonds is 15. The molecule has 2 aromatic carbocycles. The Morgan fingerprint density at radius 2 is 1.36 bits per heavy atom. The lowest BCUT2D eigenvalue weighted by Crippen LogP contribution is -2.43. The van der Waals surface area contributed by atoms with Gasteiger partial charge in [0, 0.05) is 30.6 Å². The molecule has 8 rings (SSSR count). The Bertz CT molecular complexity index is 2550. The molecule has 2 amide bonds. The standard InChI is InChI=1S/C19H19ClFN7O2.C13H15ClFNO.C7H7N5O2/c20-14-3-1-2-11(17(14)21)6-23-15(29)8-27(12-4-5-12)16(30)9-28-19-13(7-26-28)18(22)24-10-25-19;14-12-3-1-2-9(13(12)15)4-7-11(17)8-16-10-5-6-10;8-6-4-1-11-12(2-5(13)14)7(4)10-3-9-6/h1-3,7,10,12H,4-6,8-9H2,(H,23,29)(H2,22,24,25);1-3,10,16H,4-8H2;1,3H,2H2,(H,13,14)(H2,8,9,10). The number of carbonyl (C=O) groups is 4. The summed E-state index contributed by atoms with van der Waals surface area (Å²) in [6, 6.07) is 10.0. The summed E-state index contributed by atoms with van der Waals surface area (Å²) in [4.78, 5) is 64.5. The molecule has 0 unspecified atom stereocenters. The Balaban J connectivity index is 0.000000169. The number of fused-ring (bicyclic) bond motifs is 2. The molecule has 6 aromatic rings. The van der Waals surface area contributed by atoms with E-state index in [9.17, 15) is 28.0 Å². The molecule has 18 nitrogen and oxygen atoms in total. The average Bonchev–Trinajstić information content (AvgIpc) is 4.17. The van der Waals surface area contributed by atoms with Crippen molar-refractivity contribution >= 4 is 80.5 Å². The number of benzene rings is 2. The number of nitrogens with two attached hydrogens (primary N) is 2. The van der Waals surface area contributed by atoms with Gasteiger partial charge in [0.25, 0.3) is 0 Å². The maximum absolute atomic E-state index is 14.0. The van der Waals surface area contributed by atoms with Crippen molar-refractivity contribution in [1.29, 1.82) is 0 Å². The van der Waals surface area contributed by atoms with Crippen molar-refractivity contribution < 1.29 is 33.1 Å². The van der Waals surface area contributed by atoms with Gasteiger partial charge in [-0.15, -0.1) is 0 Å². The molecule has 22 heteroatoms. The summed E-state index contributed by atoms with van der Waals surface area (Å²) in [6.45, 7) is -0.0562. The van der Waals surface area contributed by atoms with Crippen molar-refractivity contribution in [3.8, 4) is 0 Å². The molecule has 0 saturated heterocycles. The van der Waals surface area contributed by atoms with E-state index in [1.165, 1.54) is 51.4 Å². The number of nitrogen functional groups attached to an aromatic ring is 2. The number of nitrogens with zero attached hydrogens (tertiary/aromatic N) is 9. The fourth-order valence-corrected chi connectivity index (χ4v) is 6.33. The maximum atomic E-state index is 14.0. The molecule has 0 spiro atoms. The first kappa shape index (κ1) is 44.2. The summed E-state index contributed by atoms with van der Waals surface area (Å²) in [5.41, 5.74) is 13.0. The van der Waals surface area contributed by atoms with Crippen molar-refractivity contribution in [2.75, 3.05) is 24.6 Å². The molecule has 0 radical (unpaired) electrons. The second kappa shape index (κ2) is 20.3. The Labute approximate surface area is 356 Å². The quantitative estimate of drug-likeness (QED) is 0.0986. The zero-order valence-corrected chi connectivity index (χ0v) is 34.0. The van der Waals surface area contributed by atoms with Crippen LogP contribution in [0.1, 0.15) is 43.2 Å². The fraction of sp³-hybridized carbons (Fsp3) is 0.333. The highest BCUT2D eigenvalue weighted by Gasteiger charge is 2.34. The summed E-state index contributed by atoms with van der Waals surface area (Å²) in [5, 5.41) is 23.6. The number of aromatic nitrogens is 8. The van der Waals surface area contributed by atoms with Crippen molar-refractivity contribution in [2.45, 2.75) is 70.2 Å². The van der Waals surface area contributed by atoms with Crippen molar-refractivity contribution in [2.24, 2.45) is 0 Å². The number of aliphatic carboxylic acids is 1. The number of Topliss-reactive ketones (excluding diaryl/α,β-unsaturated/α-hetero) is 1. The van der Waals surface area contributed by atoms with E-state index in [4.69, 9.17) is 39.8 Å². The van der Waals surface area contributed by atoms with Crippen LogP contribution in [-0.2, 0) is 45.2 Å². The van der Waals surface area contributed by atoms with Crippen LogP contribution in [-0.4, -0.2) is 98.2 Å². The van der Waals surface area contributed by atoms with E-state index in [-0.39, 0.29) is 71.2 Å². The average molecular weight is 881 g/mol. The molecular formula is C39H41Cl2F2N13O5. The number of aryl methyl sites for hydroxylation is 1. The second-order valence-electron chi connectivity index (χ2n) is 14.1. The smallest absolute Gasteiger partial charge is 0.325 e. The number of hydrogen-bond acceptors (Lipinski definition) is 13. The van der Waals surface area contributed by atoms with E-state index in [0.717, 1.165) is 25.7 Å². The summed E-state index contributed by atoms with van der Waals surface area (Å²) in [6.07, 6.45) is 10.3. The highest BCUT2D eigenvalue weighted by atomic mass is 35.5. The van der Waals surface area contributed by atoms with Crippen molar-refractivity contribution in [3.05, 3.63) is 94.3 Å². The molecule has 4 heterocycles. The molecule has 0 atom stereocenters. The minimum Gasteiger partial charge on any atom is -0.480 e. The van der Waals surface area contributed by atoms with Gasteiger partial charge in [0.1, 0.15) is 54.8 Å².